The Balaban J connectivity index is 1.90. The van der Waals surface area contributed by atoms with E-state index in [0.717, 1.165) is 0 Å². The molecule has 1 heterocycles. The monoisotopic (exact) mass is 522 g/mol. The molecule has 1 unspecified atom stereocenters. The fraction of sp³-hybridized carbons (Fsp3) is 0.148. The maximum atomic E-state index is 13.6. The van der Waals surface area contributed by atoms with Gasteiger partial charge in [-0.05, 0) is 54.6 Å². The minimum absolute atomic E-state index is 0.0137. The number of halogens is 1. The summed E-state index contributed by atoms with van der Waals surface area (Å²) in [6, 6.07) is 20.3. The molecule has 9 heteroatoms. The summed E-state index contributed by atoms with van der Waals surface area (Å²) in [6.45, 7) is -0.144. The zero-order valence-corrected chi connectivity index (χ0v) is 21.4. The Morgan fingerprint density at radius 2 is 1.69 bits per heavy atom. The van der Waals surface area contributed by atoms with Crippen LogP contribution in [0.5, 0.6) is 0 Å². The number of pyridine rings is 1. The number of esters is 1. The Hall–Kier alpha value is -3.75. The molecule has 36 heavy (non-hydrogen) atoms. The number of amides is 1. The third kappa shape index (κ3) is 4.82. The zero-order valence-electron chi connectivity index (χ0n) is 19.9. The minimum atomic E-state index is -1.17. The third-order valence-electron chi connectivity index (χ3n) is 5.80. The average molecular weight is 523 g/mol. The highest BCUT2D eigenvalue weighted by atomic mass is 35.5. The molecule has 3 aromatic carbocycles. The molecule has 7 nitrogen and oxygen atoms in total. The Bertz CT molecular complexity index is 1550. The molecule has 0 radical (unpaired) electrons. The minimum Gasteiger partial charge on any atom is -0.464 e. The van der Waals surface area contributed by atoms with Crippen LogP contribution >= 0.6 is 11.6 Å². The van der Waals surface area contributed by atoms with Gasteiger partial charge in [-0.25, -0.2) is 4.79 Å². The molecule has 1 amide bonds. The second-order valence-corrected chi connectivity index (χ2v) is 9.94. The molecule has 0 aliphatic rings. The highest BCUT2D eigenvalue weighted by Crippen LogP contribution is 2.26. The molecule has 184 valence electrons. The highest BCUT2D eigenvalue weighted by Gasteiger charge is 2.26. The topological polar surface area (TPSA) is 85.7 Å². The van der Waals surface area contributed by atoms with Gasteiger partial charge in [0.2, 0.25) is 0 Å². The Morgan fingerprint density at radius 3 is 2.31 bits per heavy atom. The van der Waals surface area contributed by atoms with Crippen LogP contribution in [0, 0.1) is 0 Å². The van der Waals surface area contributed by atoms with Crippen LogP contribution < -0.4 is 5.43 Å². The lowest BCUT2D eigenvalue weighted by Crippen LogP contribution is -2.32. The number of carbonyl (C=O) groups excluding carboxylic acids is 2. The molecule has 0 bridgehead atoms. The van der Waals surface area contributed by atoms with Gasteiger partial charge in [-0.15, -0.1) is 0 Å². The Kier molecular flexibility index (Phi) is 7.37. The summed E-state index contributed by atoms with van der Waals surface area (Å²) >= 11 is 6.26. The SMILES string of the molecule is COC(=O)c1c(CN(C)C(=O)c2ccc(S(C)=O)cc2)c(=O)c2ccc(Cl)cc2n1-c1ccccc1. The van der Waals surface area contributed by atoms with Crippen molar-refractivity contribution < 1.29 is 18.5 Å². The lowest BCUT2D eigenvalue weighted by atomic mass is 10.0. The van der Waals surface area contributed by atoms with Gasteiger partial charge in [0.15, 0.2) is 5.43 Å². The molecule has 0 N–H and O–H groups in total. The third-order valence-corrected chi connectivity index (χ3v) is 6.97. The van der Waals surface area contributed by atoms with E-state index in [1.807, 2.05) is 18.2 Å². The fourth-order valence-corrected chi connectivity index (χ4v) is 4.71. The smallest absolute Gasteiger partial charge is 0.355 e. The first-order chi connectivity index (χ1) is 17.2. The van der Waals surface area contributed by atoms with Crippen LogP contribution in [0.25, 0.3) is 16.6 Å². The van der Waals surface area contributed by atoms with Crippen molar-refractivity contribution in [3.8, 4) is 5.69 Å². The van der Waals surface area contributed by atoms with Crippen molar-refractivity contribution in [2.75, 3.05) is 20.4 Å². The summed E-state index contributed by atoms with van der Waals surface area (Å²) in [5.74, 6) is -1.08. The average Bonchev–Trinajstić information content (AvgIpc) is 2.89. The van der Waals surface area contributed by atoms with Crippen molar-refractivity contribution in [3.63, 3.8) is 0 Å². The number of fused-ring (bicyclic) bond motifs is 1. The van der Waals surface area contributed by atoms with Gasteiger partial charge in [-0.3, -0.25) is 13.8 Å². The molecular weight excluding hydrogens is 500 g/mol. The molecule has 4 aromatic rings. The predicted octanol–water partition coefficient (Wildman–Crippen LogP) is 4.44. The van der Waals surface area contributed by atoms with E-state index in [9.17, 15) is 18.6 Å². The maximum absolute atomic E-state index is 13.6. The van der Waals surface area contributed by atoms with Crippen molar-refractivity contribution in [2.24, 2.45) is 0 Å². The number of methoxy groups -OCH3 is 1. The lowest BCUT2D eigenvalue weighted by Gasteiger charge is -2.23. The van der Waals surface area contributed by atoms with Gasteiger partial charge < -0.3 is 14.2 Å². The largest absolute Gasteiger partial charge is 0.464 e. The van der Waals surface area contributed by atoms with Gasteiger partial charge in [-0.1, -0.05) is 29.8 Å². The molecule has 4 rings (SSSR count). The van der Waals surface area contributed by atoms with Gasteiger partial charge in [0.25, 0.3) is 5.91 Å². The van der Waals surface area contributed by atoms with Gasteiger partial charge in [-0.2, -0.15) is 0 Å². The van der Waals surface area contributed by atoms with E-state index in [1.165, 1.54) is 12.0 Å². The first-order valence-corrected chi connectivity index (χ1v) is 12.9. The van der Waals surface area contributed by atoms with Crippen LogP contribution in [0.4, 0.5) is 0 Å². The number of ether oxygens (including phenoxy) is 1. The second kappa shape index (κ2) is 10.5. The number of hydrogen-bond donors (Lipinski definition) is 0. The van der Waals surface area contributed by atoms with Crippen molar-refractivity contribution in [3.05, 3.63) is 105 Å². The van der Waals surface area contributed by atoms with E-state index in [0.29, 0.717) is 32.1 Å². The van der Waals surface area contributed by atoms with E-state index in [1.54, 1.807) is 72.5 Å². The van der Waals surface area contributed by atoms with Crippen molar-refractivity contribution in [1.82, 2.24) is 9.47 Å². The molecule has 1 aromatic heterocycles. The van der Waals surface area contributed by atoms with Crippen LogP contribution in [0.3, 0.4) is 0 Å². The summed E-state index contributed by atoms with van der Waals surface area (Å²) in [5.41, 5.74) is 1.17. The number of benzene rings is 3. The molecule has 0 aliphatic carbocycles. The molecule has 1 atom stereocenters. The highest BCUT2D eigenvalue weighted by molar-refractivity contribution is 7.84. The van der Waals surface area contributed by atoms with Crippen LogP contribution in [-0.2, 0) is 22.1 Å². The number of rotatable bonds is 6. The van der Waals surface area contributed by atoms with Gasteiger partial charge in [0.05, 0.1) is 24.7 Å². The summed E-state index contributed by atoms with van der Waals surface area (Å²) in [7, 11) is 1.62. The number of carbonyl (C=O) groups is 2. The second-order valence-electron chi connectivity index (χ2n) is 8.12. The van der Waals surface area contributed by atoms with Crippen LogP contribution in [0.2, 0.25) is 5.02 Å². The van der Waals surface area contributed by atoms with Crippen molar-refractivity contribution >= 4 is 45.2 Å². The summed E-state index contributed by atoms with van der Waals surface area (Å²) in [4.78, 5) is 41.8. The number of aromatic nitrogens is 1. The van der Waals surface area contributed by atoms with E-state index >= 15 is 0 Å². The molecule has 0 aliphatic heterocycles. The van der Waals surface area contributed by atoms with Crippen LogP contribution in [0.1, 0.15) is 26.4 Å². The van der Waals surface area contributed by atoms with Crippen LogP contribution in [0.15, 0.2) is 82.5 Å². The molecule has 0 saturated carbocycles. The van der Waals surface area contributed by atoms with Gasteiger partial charge in [0.1, 0.15) is 5.69 Å². The van der Waals surface area contributed by atoms with Gasteiger partial charge in [0, 0.05) is 50.7 Å². The first kappa shape index (κ1) is 25.3. The molecule has 0 fully saturated rings. The summed E-state index contributed by atoms with van der Waals surface area (Å²) < 4.78 is 18.4. The first-order valence-electron chi connectivity index (χ1n) is 10.9. The lowest BCUT2D eigenvalue weighted by molar-refractivity contribution is 0.0585. The Labute approximate surface area is 215 Å². The predicted molar refractivity (Wildman–Crippen MR) is 140 cm³/mol. The maximum Gasteiger partial charge on any atom is 0.355 e. The molecule has 0 saturated heterocycles. The number of hydrogen-bond acceptors (Lipinski definition) is 5. The van der Waals surface area contributed by atoms with E-state index in [4.69, 9.17) is 16.3 Å². The number of para-hydroxylation sites is 1. The zero-order chi connectivity index (χ0) is 26.0. The number of nitrogens with zero attached hydrogens (tertiary/aromatic N) is 2. The van der Waals surface area contributed by atoms with Crippen LogP contribution in [-0.4, -0.2) is 46.0 Å². The van der Waals surface area contributed by atoms with E-state index in [2.05, 4.69) is 0 Å². The van der Waals surface area contributed by atoms with Crippen molar-refractivity contribution in [2.45, 2.75) is 11.4 Å². The fourth-order valence-electron chi connectivity index (χ4n) is 4.03. The normalized spacial score (nSPS) is 11.8. The van der Waals surface area contributed by atoms with Crippen molar-refractivity contribution in [1.29, 1.82) is 0 Å². The quantitative estimate of drug-likeness (QED) is 0.349. The molecular formula is C27H23ClN2O5S. The summed E-state index contributed by atoms with van der Waals surface area (Å²) in [5, 5.41) is 0.750. The standard InChI is InChI=1S/C27H23ClN2O5S/c1-29(26(32)17-9-12-20(13-10-17)36(3)34)16-22-24(27(33)35-2)30(19-7-5-4-6-8-19)23-15-18(28)11-14-21(23)25(22)31/h4-15H,16H2,1-3H3. The molecule has 0 spiro atoms. The van der Waals surface area contributed by atoms with E-state index in [-0.39, 0.29) is 23.7 Å². The Morgan fingerprint density at radius 1 is 1.03 bits per heavy atom. The van der Waals surface area contributed by atoms with E-state index < -0.39 is 22.2 Å². The van der Waals surface area contributed by atoms with Gasteiger partial charge >= 0.3 is 5.97 Å². The summed E-state index contributed by atoms with van der Waals surface area (Å²) in [6.07, 6.45) is 1.56.